The van der Waals surface area contributed by atoms with Crippen LogP contribution in [0.15, 0.2) is 6.20 Å². The molecule has 0 saturated heterocycles. The molecule has 0 radical (unpaired) electrons. The number of nitrogens with zero attached hydrogens (tertiary/aromatic N) is 3. The lowest BCUT2D eigenvalue weighted by Crippen LogP contribution is -2.31. The van der Waals surface area contributed by atoms with E-state index in [0.717, 1.165) is 0 Å². The number of aromatic carboxylic acids is 1. The third-order valence-electron chi connectivity index (χ3n) is 2.89. The first-order chi connectivity index (χ1) is 9.10. The fraction of sp³-hybridized carbons (Fsp3) is 0.667. The van der Waals surface area contributed by atoms with Gasteiger partial charge in [0.1, 0.15) is 5.56 Å². The van der Waals surface area contributed by atoms with Gasteiger partial charge in [-0.05, 0) is 0 Å². The van der Waals surface area contributed by atoms with Gasteiger partial charge < -0.3 is 14.6 Å². The van der Waals surface area contributed by atoms with Crippen LogP contribution >= 0.6 is 0 Å². The molecule has 1 rings (SSSR count). The van der Waals surface area contributed by atoms with Crippen molar-refractivity contribution < 1.29 is 19.4 Å². The highest BCUT2D eigenvalue weighted by Crippen LogP contribution is 2.10. The molecule has 1 aromatic rings. The number of rotatable bonds is 9. The van der Waals surface area contributed by atoms with Crippen molar-refractivity contribution in [3.8, 4) is 0 Å². The standard InChI is InChI=1S/C12H21N3O4/c1-14-11(10(8-13-14)12(16)17)9-15(4-6-18-2)5-7-19-3/h8H,4-7,9H2,1-3H3,(H,16,17). The van der Waals surface area contributed by atoms with Gasteiger partial charge in [-0.15, -0.1) is 0 Å². The molecule has 0 fully saturated rings. The van der Waals surface area contributed by atoms with Gasteiger partial charge in [0.15, 0.2) is 0 Å². The molecule has 7 heteroatoms. The van der Waals surface area contributed by atoms with Crippen molar-refractivity contribution in [2.45, 2.75) is 6.54 Å². The average molecular weight is 271 g/mol. The van der Waals surface area contributed by atoms with Gasteiger partial charge in [-0.2, -0.15) is 5.10 Å². The quantitative estimate of drug-likeness (QED) is 0.692. The number of hydrogen-bond donors (Lipinski definition) is 1. The van der Waals surface area contributed by atoms with Crippen LogP contribution in [0.5, 0.6) is 0 Å². The predicted octanol–water partition coefficient (Wildman–Crippen LogP) is 0.213. The summed E-state index contributed by atoms with van der Waals surface area (Å²) >= 11 is 0. The molecule has 0 bridgehead atoms. The zero-order valence-electron chi connectivity index (χ0n) is 11.6. The molecule has 0 aromatic carbocycles. The molecule has 0 aliphatic heterocycles. The van der Waals surface area contributed by atoms with E-state index in [4.69, 9.17) is 14.6 Å². The van der Waals surface area contributed by atoms with Crippen LogP contribution in [-0.2, 0) is 23.1 Å². The molecule has 0 spiro atoms. The van der Waals surface area contributed by atoms with Crippen molar-refractivity contribution >= 4 is 5.97 Å². The zero-order valence-corrected chi connectivity index (χ0v) is 11.6. The SMILES string of the molecule is COCCN(CCOC)Cc1c(C(=O)O)cnn1C. The van der Waals surface area contributed by atoms with Gasteiger partial charge in [0.25, 0.3) is 0 Å². The average Bonchev–Trinajstić information content (AvgIpc) is 2.74. The number of hydrogen-bond acceptors (Lipinski definition) is 5. The first-order valence-electron chi connectivity index (χ1n) is 6.04. The lowest BCUT2D eigenvalue weighted by atomic mass is 10.2. The second-order valence-electron chi connectivity index (χ2n) is 4.20. The lowest BCUT2D eigenvalue weighted by Gasteiger charge is -2.21. The Bertz CT molecular complexity index is 398. The molecule has 1 N–H and O–H groups in total. The number of ether oxygens (including phenoxy) is 2. The van der Waals surface area contributed by atoms with Crippen molar-refractivity contribution in [2.24, 2.45) is 7.05 Å². The first-order valence-corrected chi connectivity index (χ1v) is 6.04. The van der Waals surface area contributed by atoms with Crippen molar-refractivity contribution in [3.63, 3.8) is 0 Å². The van der Waals surface area contributed by atoms with E-state index in [9.17, 15) is 4.79 Å². The Labute approximate surface area is 112 Å². The molecule has 0 amide bonds. The normalized spacial score (nSPS) is 11.2. The van der Waals surface area contributed by atoms with Gasteiger partial charge in [-0.3, -0.25) is 9.58 Å². The highest BCUT2D eigenvalue weighted by atomic mass is 16.5. The van der Waals surface area contributed by atoms with Crippen LogP contribution in [0.3, 0.4) is 0 Å². The third-order valence-corrected chi connectivity index (χ3v) is 2.89. The summed E-state index contributed by atoms with van der Waals surface area (Å²) in [5.41, 5.74) is 0.919. The Morgan fingerprint density at radius 1 is 1.37 bits per heavy atom. The van der Waals surface area contributed by atoms with Crippen molar-refractivity contribution in [1.29, 1.82) is 0 Å². The summed E-state index contributed by atoms with van der Waals surface area (Å²) in [6, 6.07) is 0. The van der Waals surface area contributed by atoms with Gasteiger partial charge in [0.05, 0.1) is 25.1 Å². The highest BCUT2D eigenvalue weighted by molar-refractivity contribution is 5.88. The van der Waals surface area contributed by atoms with Gasteiger partial charge in [-0.1, -0.05) is 0 Å². The molecule has 19 heavy (non-hydrogen) atoms. The maximum atomic E-state index is 11.1. The Morgan fingerprint density at radius 2 is 1.95 bits per heavy atom. The summed E-state index contributed by atoms with van der Waals surface area (Å²) in [6.45, 7) is 3.10. The summed E-state index contributed by atoms with van der Waals surface area (Å²) < 4.78 is 11.7. The predicted molar refractivity (Wildman–Crippen MR) is 69.2 cm³/mol. The Balaban J connectivity index is 2.76. The van der Waals surface area contributed by atoms with Crippen LogP contribution < -0.4 is 0 Å². The summed E-state index contributed by atoms with van der Waals surface area (Å²) in [5.74, 6) is -0.957. The topological polar surface area (TPSA) is 76.8 Å². The Morgan fingerprint density at radius 3 is 2.42 bits per heavy atom. The lowest BCUT2D eigenvalue weighted by molar-refractivity contribution is 0.0692. The molecular weight excluding hydrogens is 250 g/mol. The minimum atomic E-state index is -0.957. The van der Waals surface area contributed by atoms with Crippen molar-refractivity contribution in [2.75, 3.05) is 40.5 Å². The van der Waals surface area contributed by atoms with Gasteiger partial charge in [0, 0.05) is 40.9 Å². The van der Waals surface area contributed by atoms with Crippen molar-refractivity contribution in [3.05, 3.63) is 17.5 Å². The number of aromatic nitrogens is 2. The number of carboxylic acids is 1. The van der Waals surface area contributed by atoms with Gasteiger partial charge in [-0.25, -0.2) is 4.79 Å². The summed E-state index contributed by atoms with van der Waals surface area (Å²) in [5, 5.41) is 13.1. The largest absolute Gasteiger partial charge is 0.478 e. The second-order valence-corrected chi connectivity index (χ2v) is 4.20. The monoisotopic (exact) mass is 271 g/mol. The van der Waals surface area contributed by atoms with E-state index in [2.05, 4.69) is 10.00 Å². The molecule has 0 atom stereocenters. The van der Waals surface area contributed by atoms with Gasteiger partial charge >= 0.3 is 5.97 Å². The number of methoxy groups -OCH3 is 2. The van der Waals surface area contributed by atoms with Crippen LogP contribution in [0, 0.1) is 0 Å². The van der Waals surface area contributed by atoms with Gasteiger partial charge in [0.2, 0.25) is 0 Å². The second kappa shape index (κ2) is 7.88. The maximum absolute atomic E-state index is 11.1. The fourth-order valence-electron chi connectivity index (χ4n) is 1.75. The van der Waals surface area contributed by atoms with Crippen LogP contribution in [0.4, 0.5) is 0 Å². The van der Waals surface area contributed by atoms with Crippen LogP contribution in [0.2, 0.25) is 0 Å². The van der Waals surface area contributed by atoms with E-state index >= 15 is 0 Å². The summed E-state index contributed by atoms with van der Waals surface area (Å²) in [7, 11) is 5.02. The number of aryl methyl sites for hydroxylation is 1. The van der Waals surface area contributed by atoms with Crippen LogP contribution in [0.25, 0.3) is 0 Å². The van der Waals surface area contributed by atoms with E-state index in [1.165, 1.54) is 6.20 Å². The van der Waals surface area contributed by atoms with E-state index in [0.29, 0.717) is 38.5 Å². The molecule has 7 nitrogen and oxygen atoms in total. The molecule has 1 heterocycles. The molecular formula is C12H21N3O4. The smallest absolute Gasteiger partial charge is 0.339 e. The minimum Gasteiger partial charge on any atom is -0.478 e. The number of carbonyl (C=O) groups is 1. The molecule has 0 unspecified atom stereocenters. The highest BCUT2D eigenvalue weighted by Gasteiger charge is 2.17. The number of carboxylic acid groups (broad SMARTS) is 1. The fourth-order valence-corrected chi connectivity index (χ4v) is 1.75. The van der Waals surface area contributed by atoms with E-state index < -0.39 is 5.97 Å². The molecule has 0 saturated carbocycles. The maximum Gasteiger partial charge on any atom is 0.339 e. The third kappa shape index (κ3) is 4.62. The zero-order chi connectivity index (χ0) is 14.3. The van der Waals surface area contributed by atoms with Crippen molar-refractivity contribution in [1.82, 2.24) is 14.7 Å². The summed E-state index contributed by atoms with van der Waals surface area (Å²) in [6.07, 6.45) is 1.38. The Kier molecular flexibility index (Phi) is 6.48. The first kappa shape index (κ1) is 15.6. The van der Waals surface area contributed by atoms with Crippen LogP contribution in [0.1, 0.15) is 16.1 Å². The Hall–Kier alpha value is -1.44. The molecule has 0 aliphatic rings. The van der Waals surface area contributed by atoms with E-state index in [1.807, 2.05) is 0 Å². The van der Waals surface area contributed by atoms with E-state index in [-0.39, 0.29) is 5.56 Å². The molecule has 0 aliphatic carbocycles. The minimum absolute atomic E-state index is 0.238. The summed E-state index contributed by atoms with van der Waals surface area (Å²) in [4.78, 5) is 13.2. The molecule has 108 valence electrons. The van der Waals surface area contributed by atoms with Crippen LogP contribution in [-0.4, -0.2) is 66.3 Å². The molecule has 1 aromatic heterocycles. The van der Waals surface area contributed by atoms with E-state index in [1.54, 1.807) is 25.9 Å².